The summed E-state index contributed by atoms with van der Waals surface area (Å²) in [5, 5.41) is 34.6. The molecular weight excluding hydrogens is 504 g/mol. The second kappa shape index (κ2) is 7.72. The van der Waals surface area contributed by atoms with E-state index in [2.05, 4.69) is 52.6 Å². The number of carbonyl (C=O) groups excluding carboxylic acids is 1. The Balaban J connectivity index is 2.02. The van der Waals surface area contributed by atoms with Crippen LogP contribution in [-0.2, 0) is 9.53 Å². The SMILES string of the molecule is CC(=O)O[C@@H]1C[C@]2(C)[C@@H](Br)CC[C@@](C)(O)[C@H]2[C@@H]1C(O)[C@@]1(O)CC[C@H](Br)C(C)(C)C1. The topological polar surface area (TPSA) is 87.0 Å². The highest BCUT2D eigenvalue weighted by Gasteiger charge is 2.66. The zero-order chi connectivity index (χ0) is 22.0. The molecule has 29 heavy (non-hydrogen) atoms. The van der Waals surface area contributed by atoms with Crippen molar-refractivity contribution >= 4 is 37.8 Å². The lowest BCUT2D eigenvalue weighted by Gasteiger charge is -2.54. The van der Waals surface area contributed by atoms with Crippen LogP contribution in [0.5, 0.6) is 0 Å². The molecule has 0 spiro atoms. The van der Waals surface area contributed by atoms with Gasteiger partial charge in [0, 0.05) is 28.4 Å². The quantitative estimate of drug-likeness (QED) is 0.373. The first-order chi connectivity index (χ1) is 13.1. The van der Waals surface area contributed by atoms with Crippen molar-refractivity contribution in [3.63, 3.8) is 0 Å². The van der Waals surface area contributed by atoms with Gasteiger partial charge in [-0.2, -0.15) is 0 Å². The first kappa shape index (κ1) is 24.0. The number of hydrogen-bond donors (Lipinski definition) is 3. The number of aliphatic hydroxyl groups excluding tert-OH is 1. The van der Waals surface area contributed by atoms with E-state index in [1.54, 1.807) is 0 Å². The van der Waals surface area contributed by atoms with Crippen LogP contribution >= 0.6 is 31.9 Å². The Morgan fingerprint density at radius 1 is 1.07 bits per heavy atom. The summed E-state index contributed by atoms with van der Waals surface area (Å²) < 4.78 is 5.70. The lowest BCUT2D eigenvalue weighted by Crippen LogP contribution is -2.60. The van der Waals surface area contributed by atoms with Crippen LogP contribution in [0.2, 0.25) is 0 Å². The summed E-state index contributed by atoms with van der Waals surface area (Å²) in [5.74, 6) is -1.20. The Morgan fingerprint density at radius 2 is 1.66 bits per heavy atom. The van der Waals surface area contributed by atoms with Crippen molar-refractivity contribution in [2.45, 2.75) is 106 Å². The van der Waals surface area contributed by atoms with Crippen LogP contribution in [0.4, 0.5) is 0 Å². The van der Waals surface area contributed by atoms with Crippen molar-refractivity contribution in [1.29, 1.82) is 0 Å². The maximum Gasteiger partial charge on any atom is 0.302 e. The van der Waals surface area contributed by atoms with Crippen molar-refractivity contribution in [2.24, 2.45) is 22.7 Å². The number of carbonyl (C=O) groups is 1. The summed E-state index contributed by atoms with van der Waals surface area (Å²) in [7, 11) is 0. The smallest absolute Gasteiger partial charge is 0.302 e. The molecule has 168 valence electrons. The largest absolute Gasteiger partial charge is 0.462 e. The van der Waals surface area contributed by atoms with Crippen molar-refractivity contribution < 1.29 is 24.9 Å². The van der Waals surface area contributed by atoms with Gasteiger partial charge in [0.1, 0.15) is 6.10 Å². The standard InChI is InChI=1S/C22H36Br2O5/c1-12(25)29-13-10-20(4)15(24)6-8-21(5,27)17(20)16(13)18(26)22(28)9-7-14(23)19(2,3)11-22/h13-18,26-28H,6-11H2,1-5H3/t13-,14+,15+,16-,17+,18?,20-,21-,22-/m1/s1. The van der Waals surface area contributed by atoms with Crippen molar-refractivity contribution in [1.82, 2.24) is 0 Å². The van der Waals surface area contributed by atoms with Crippen LogP contribution in [0.3, 0.4) is 0 Å². The minimum Gasteiger partial charge on any atom is -0.462 e. The third-order valence-corrected chi connectivity index (χ3v) is 11.3. The Morgan fingerprint density at radius 3 is 2.21 bits per heavy atom. The third-order valence-electron chi connectivity index (χ3n) is 8.13. The van der Waals surface area contributed by atoms with Crippen molar-refractivity contribution in [2.75, 3.05) is 0 Å². The number of aliphatic hydroxyl groups is 3. The van der Waals surface area contributed by atoms with E-state index < -0.39 is 35.3 Å². The number of rotatable bonds is 3. The van der Waals surface area contributed by atoms with E-state index in [1.807, 2.05) is 6.92 Å². The van der Waals surface area contributed by atoms with Gasteiger partial charge in [0.05, 0.1) is 17.3 Å². The van der Waals surface area contributed by atoms with Gasteiger partial charge in [0.2, 0.25) is 0 Å². The summed E-state index contributed by atoms with van der Waals surface area (Å²) in [6.07, 6.45) is 2.05. The summed E-state index contributed by atoms with van der Waals surface area (Å²) in [6, 6.07) is 0. The second-order valence-electron chi connectivity index (χ2n) is 11.0. The zero-order valence-corrected chi connectivity index (χ0v) is 21.3. The van der Waals surface area contributed by atoms with E-state index in [0.717, 1.165) is 12.8 Å². The van der Waals surface area contributed by atoms with Crippen LogP contribution < -0.4 is 0 Å². The third kappa shape index (κ3) is 4.08. The molecule has 5 nitrogen and oxygen atoms in total. The molecule has 3 fully saturated rings. The van der Waals surface area contributed by atoms with Gasteiger partial charge in [0.15, 0.2) is 0 Å². The number of esters is 1. The average molecular weight is 540 g/mol. The van der Waals surface area contributed by atoms with E-state index in [0.29, 0.717) is 25.7 Å². The fourth-order valence-electron chi connectivity index (χ4n) is 6.79. The fourth-order valence-corrected chi connectivity index (χ4v) is 7.88. The molecule has 3 rings (SSSR count). The van der Waals surface area contributed by atoms with Crippen molar-refractivity contribution in [3.8, 4) is 0 Å². The lowest BCUT2D eigenvalue weighted by atomic mass is 9.57. The molecule has 3 saturated carbocycles. The van der Waals surface area contributed by atoms with Crippen LogP contribution in [0.15, 0.2) is 0 Å². The van der Waals surface area contributed by atoms with Gasteiger partial charge in [-0.05, 0) is 56.3 Å². The number of ether oxygens (including phenoxy) is 1. The second-order valence-corrected chi connectivity index (χ2v) is 13.2. The van der Waals surface area contributed by atoms with E-state index in [9.17, 15) is 20.1 Å². The fraction of sp³-hybridized carbons (Fsp3) is 0.955. The Kier molecular flexibility index (Phi) is 6.38. The molecule has 0 aromatic carbocycles. The Hall–Kier alpha value is 0.310. The molecule has 0 aromatic rings. The number of hydrogen-bond acceptors (Lipinski definition) is 5. The van der Waals surface area contributed by atoms with Gasteiger partial charge < -0.3 is 20.1 Å². The van der Waals surface area contributed by atoms with Gasteiger partial charge in [-0.15, -0.1) is 0 Å². The van der Waals surface area contributed by atoms with Gasteiger partial charge in [-0.25, -0.2) is 0 Å². The average Bonchev–Trinajstić information content (AvgIpc) is 2.88. The monoisotopic (exact) mass is 538 g/mol. The molecular formula is C22H36Br2O5. The molecule has 9 atom stereocenters. The molecule has 0 heterocycles. The lowest BCUT2D eigenvalue weighted by molar-refractivity contribution is -0.189. The van der Waals surface area contributed by atoms with Crippen molar-refractivity contribution in [3.05, 3.63) is 0 Å². The number of fused-ring (bicyclic) bond motifs is 1. The first-order valence-electron chi connectivity index (χ1n) is 10.7. The molecule has 3 aliphatic carbocycles. The molecule has 0 aliphatic heterocycles. The minimum atomic E-state index is -1.28. The summed E-state index contributed by atoms with van der Waals surface area (Å²) in [5.41, 5.74) is -2.80. The molecule has 0 saturated heterocycles. The van der Waals surface area contributed by atoms with E-state index in [1.165, 1.54) is 6.92 Å². The zero-order valence-electron chi connectivity index (χ0n) is 18.1. The molecule has 7 heteroatoms. The molecule has 0 amide bonds. The first-order valence-corrected chi connectivity index (χ1v) is 12.6. The maximum atomic E-state index is 11.9. The van der Waals surface area contributed by atoms with Gasteiger partial charge in [0.25, 0.3) is 0 Å². The Labute approximate surface area is 191 Å². The van der Waals surface area contributed by atoms with Crippen LogP contribution in [0.1, 0.15) is 73.1 Å². The highest BCUT2D eigenvalue weighted by atomic mass is 79.9. The van der Waals surface area contributed by atoms with Crippen LogP contribution in [-0.4, -0.2) is 54.4 Å². The van der Waals surface area contributed by atoms with E-state index >= 15 is 0 Å². The Bertz CT molecular complexity index is 653. The van der Waals surface area contributed by atoms with Gasteiger partial charge in [-0.3, -0.25) is 4.79 Å². The molecule has 3 aliphatic rings. The molecule has 1 unspecified atom stereocenters. The highest BCUT2D eigenvalue weighted by molar-refractivity contribution is 9.09. The normalized spacial score (nSPS) is 50.6. The van der Waals surface area contributed by atoms with Crippen LogP contribution in [0, 0.1) is 22.7 Å². The van der Waals surface area contributed by atoms with E-state index in [4.69, 9.17) is 4.74 Å². The maximum absolute atomic E-state index is 11.9. The van der Waals surface area contributed by atoms with Gasteiger partial charge in [-0.1, -0.05) is 52.6 Å². The molecule has 0 aromatic heterocycles. The predicted molar refractivity (Wildman–Crippen MR) is 119 cm³/mol. The highest BCUT2D eigenvalue weighted by Crippen LogP contribution is 2.63. The predicted octanol–water partition coefficient (Wildman–Crippen LogP) is 3.93. The summed E-state index contributed by atoms with van der Waals surface area (Å²) in [4.78, 5) is 12.3. The number of halogens is 2. The number of alkyl halides is 2. The van der Waals surface area contributed by atoms with Crippen LogP contribution in [0.25, 0.3) is 0 Å². The molecule has 0 radical (unpaired) electrons. The minimum absolute atomic E-state index is 0.153. The van der Waals surface area contributed by atoms with Gasteiger partial charge >= 0.3 is 5.97 Å². The molecule has 0 bridgehead atoms. The summed E-state index contributed by atoms with van der Waals surface area (Å²) >= 11 is 7.53. The molecule has 3 N–H and O–H groups in total. The summed E-state index contributed by atoms with van der Waals surface area (Å²) in [6.45, 7) is 9.50. The van der Waals surface area contributed by atoms with E-state index in [-0.39, 0.29) is 26.4 Å².